The Morgan fingerprint density at radius 2 is 1.67 bits per heavy atom. The number of hydrogen-bond acceptors (Lipinski definition) is 4. The highest BCUT2D eigenvalue weighted by Gasteiger charge is 2.18. The number of pyridine rings is 1. The molecule has 3 rings (SSSR count). The Bertz CT molecular complexity index is 723. The Kier molecular flexibility index (Phi) is 5.07. The number of aromatic nitrogens is 1. The number of nitrogens with zero attached hydrogens (tertiary/aromatic N) is 3. The molecule has 0 spiro atoms. The minimum atomic E-state index is 0.0156. The maximum absolute atomic E-state index is 12.5. The number of likely N-dealkylation sites (tertiary alicyclic amines) is 1. The predicted octanol–water partition coefficient (Wildman–Crippen LogP) is 3.71. The van der Waals surface area contributed by atoms with E-state index in [2.05, 4.69) is 16.4 Å². The summed E-state index contributed by atoms with van der Waals surface area (Å²) in [6.07, 6.45) is 6.21. The number of carbonyl (C=O) groups excluding carboxylic acids is 1. The van der Waals surface area contributed by atoms with Crippen LogP contribution < -0.4 is 5.32 Å². The van der Waals surface area contributed by atoms with Crippen molar-refractivity contribution in [2.24, 2.45) is 0 Å². The molecule has 0 atom stereocenters. The van der Waals surface area contributed by atoms with Gasteiger partial charge in [-0.05, 0) is 49.2 Å². The first-order chi connectivity index (χ1) is 11.8. The summed E-state index contributed by atoms with van der Waals surface area (Å²) in [5.41, 5.74) is 2.80. The lowest BCUT2D eigenvalue weighted by Gasteiger charge is -2.19. The van der Waals surface area contributed by atoms with Crippen LogP contribution in [0.3, 0.4) is 0 Å². The summed E-state index contributed by atoms with van der Waals surface area (Å²) < 4.78 is 0. The van der Waals surface area contributed by atoms with Crippen molar-refractivity contribution < 1.29 is 4.79 Å². The monoisotopic (exact) mass is 320 g/mol. The number of amides is 1. The molecule has 1 saturated heterocycles. The van der Waals surface area contributed by atoms with Crippen molar-refractivity contribution in [1.29, 1.82) is 5.26 Å². The molecule has 1 amide bonds. The molecular formula is C19H20N4O. The lowest BCUT2D eigenvalue weighted by atomic mass is 10.2. The maximum Gasteiger partial charge on any atom is 0.272 e. The van der Waals surface area contributed by atoms with E-state index in [-0.39, 0.29) is 5.91 Å². The van der Waals surface area contributed by atoms with Gasteiger partial charge in [0.1, 0.15) is 5.69 Å². The molecule has 1 N–H and O–H groups in total. The zero-order valence-electron chi connectivity index (χ0n) is 13.5. The first-order valence-corrected chi connectivity index (χ1v) is 8.29. The molecule has 1 aliphatic rings. The number of nitriles is 1. The Morgan fingerprint density at radius 3 is 2.25 bits per heavy atom. The van der Waals surface area contributed by atoms with Crippen LogP contribution in [0.5, 0.6) is 0 Å². The van der Waals surface area contributed by atoms with Gasteiger partial charge < -0.3 is 10.2 Å². The Hall–Kier alpha value is -2.87. The van der Waals surface area contributed by atoms with Gasteiger partial charge in [-0.2, -0.15) is 5.26 Å². The van der Waals surface area contributed by atoms with Crippen molar-refractivity contribution in [3.8, 4) is 6.07 Å². The van der Waals surface area contributed by atoms with E-state index in [1.165, 1.54) is 12.8 Å². The zero-order chi connectivity index (χ0) is 16.8. The molecule has 0 aliphatic carbocycles. The van der Waals surface area contributed by atoms with E-state index in [1.54, 1.807) is 24.4 Å². The standard InChI is InChI=1S/C19H20N4O/c20-13-15-5-7-16(8-6-15)22-17-9-10-18(21-14-17)19(24)23-11-3-1-2-4-12-23/h5-10,14,22H,1-4,11-12H2. The fraction of sp³-hybridized carbons (Fsp3) is 0.316. The zero-order valence-corrected chi connectivity index (χ0v) is 13.5. The minimum Gasteiger partial charge on any atom is -0.354 e. The molecule has 0 bridgehead atoms. The van der Waals surface area contributed by atoms with Crippen molar-refractivity contribution >= 4 is 17.3 Å². The van der Waals surface area contributed by atoms with Crippen molar-refractivity contribution in [1.82, 2.24) is 9.88 Å². The first kappa shape index (κ1) is 16.0. The van der Waals surface area contributed by atoms with Crippen LogP contribution in [0.25, 0.3) is 0 Å². The van der Waals surface area contributed by atoms with Crippen molar-refractivity contribution in [2.45, 2.75) is 25.7 Å². The third kappa shape index (κ3) is 3.90. The highest BCUT2D eigenvalue weighted by atomic mass is 16.2. The molecule has 0 saturated carbocycles. The van der Waals surface area contributed by atoms with Gasteiger partial charge in [0.2, 0.25) is 0 Å². The highest BCUT2D eigenvalue weighted by molar-refractivity contribution is 5.92. The molecule has 2 aromatic rings. The number of anilines is 2. The molecule has 2 heterocycles. The molecule has 0 radical (unpaired) electrons. The molecule has 5 nitrogen and oxygen atoms in total. The molecule has 1 aromatic carbocycles. The van der Waals surface area contributed by atoms with Gasteiger partial charge in [-0.25, -0.2) is 4.98 Å². The molecule has 1 aromatic heterocycles. The fourth-order valence-corrected chi connectivity index (χ4v) is 2.82. The number of carbonyl (C=O) groups is 1. The van der Waals surface area contributed by atoms with Crippen LogP contribution >= 0.6 is 0 Å². The summed E-state index contributed by atoms with van der Waals surface area (Å²) in [5, 5.41) is 12.0. The summed E-state index contributed by atoms with van der Waals surface area (Å²) in [6.45, 7) is 1.65. The van der Waals surface area contributed by atoms with Crippen LogP contribution in [0, 0.1) is 11.3 Å². The Labute approximate surface area is 141 Å². The summed E-state index contributed by atoms with van der Waals surface area (Å²) in [6, 6.07) is 12.9. The number of hydrogen-bond donors (Lipinski definition) is 1. The van der Waals surface area contributed by atoms with Gasteiger partial charge in [0.05, 0.1) is 23.5 Å². The largest absolute Gasteiger partial charge is 0.354 e. The molecule has 1 fully saturated rings. The van der Waals surface area contributed by atoms with Crippen molar-refractivity contribution in [2.75, 3.05) is 18.4 Å². The van der Waals surface area contributed by atoms with E-state index < -0.39 is 0 Å². The van der Waals surface area contributed by atoms with Crippen LogP contribution in [-0.4, -0.2) is 28.9 Å². The Morgan fingerprint density at radius 1 is 1.00 bits per heavy atom. The number of rotatable bonds is 3. The Balaban J connectivity index is 1.66. The molecule has 0 unspecified atom stereocenters. The highest BCUT2D eigenvalue weighted by Crippen LogP contribution is 2.18. The van der Waals surface area contributed by atoms with Gasteiger partial charge in [-0.3, -0.25) is 4.79 Å². The summed E-state index contributed by atoms with van der Waals surface area (Å²) in [5.74, 6) is 0.0156. The normalized spacial score (nSPS) is 14.5. The molecule has 1 aliphatic heterocycles. The predicted molar refractivity (Wildman–Crippen MR) is 93.0 cm³/mol. The van der Waals surface area contributed by atoms with Gasteiger partial charge in [0.15, 0.2) is 0 Å². The molecular weight excluding hydrogens is 300 g/mol. The van der Waals surface area contributed by atoms with Crippen LogP contribution in [0.4, 0.5) is 11.4 Å². The van der Waals surface area contributed by atoms with E-state index in [0.29, 0.717) is 11.3 Å². The smallest absolute Gasteiger partial charge is 0.272 e. The lowest BCUT2D eigenvalue weighted by molar-refractivity contribution is 0.0756. The fourth-order valence-electron chi connectivity index (χ4n) is 2.82. The number of benzene rings is 1. The summed E-state index contributed by atoms with van der Waals surface area (Å²) >= 11 is 0. The average Bonchev–Trinajstić information content (AvgIpc) is 2.92. The molecule has 24 heavy (non-hydrogen) atoms. The number of nitrogens with one attached hydrogen (secondary N) is 1. The van der Waals surface area contributed by atoms with Gasteiger partial charge in [-0.1, -0.05) is 12.8 Å². The van der Waals surface area contributed by atoms with E-state index >= 15 is 0 Å². The van der Waals surface area contributed by atoms with Crippen LogP contribution in [0.1, 0.15) is 41.7 Å². The van der Waals surface area contributed by atoms with E-state index in [9.17, 15) is 4.79 Å². The topological polar surface area (TPSA) is 69.0 Å². The lowest BCUT2D eigenvalue weighted by Crippen LogP contribution is -2.32. The van der Waals surface area contributed by atoms with Gasteiger partial charge in [0, 0.05) is 18.8 Å². The SMILES string of the molecule is N#Cc1ccc(Nc2ccc(C(=O)N3CCCCCC3)nc2)cc1. The van der Waals surface area contributed by atoms with E-state index in [0.717, 1.165) is 37.3 Å². The maximum atomic E-state index is 12.5. The quantitative estimate of drug-likeness (QED) is 0.936. The third-order valence-corrected chi connectivity index (χ3v) is 4.18. The van der Waals surface area contributed by atoms with Crippen molar-refractivity contribution in [3.63, 3.8) is 0 Å². The minimum absolute atomic E-state index is 0.0156. The molecule has 122 valence electrons. The summed E-state index contributed by atoms with van der Waals surface area (Å²) in [7, 11) is 0. The van der Waals surface area contributed by atoms with Gasteiger partial charge in [-0.15, -0.1) is 0 Å². The van der Waals surface area contributed by atoms with Crippen LogP contribution in [-0.2, 0) is 0 Å². The van der Waals surface area contributed by atoms with Crippen molar-refractivity contribution in [3.05, 3.63) is 53.9 Å². The molecule has 5 heteroatoms. The first-order valence-electron chi connectivity index (χ1n) is 8.29. The van der Waals surface area contributed by atoms with E-state index in [1.807, 2.05) is 23.1 Å². The van der Waals surface area contributed by atoms with E-state index in [4.69, 9.17) is 5.26 Å². The third-order valence-electron chi connectivity index (χ3n) is 4.18. The second kappa shape index (κ2) is 7.60. The second-order valence-electron chi connectivity index (χ2n) is 5.95. The van der Waals surface area contributed by atoms with Crippen LogP contribution in [0.15, 0.2) is 42.6 Å². The van der Waals surface area contributed by atoms with Gasteiger partial charge in [0.25, 0.3) is 5.91 Å². The average molecular weight is 320 g/mol. The van der Waals surface area contributed by atoms with Crippen LogP contribution in [0.2, 0.25) is 0 Å². The second-order valence-corrected chi connectivity index (χ2v) is 5.95. The summed E-state index contributed by atoms with van der Waals surface area (Å²) in [4.78, 5) is 18.7. The van der Waals surface area contributed by atoms with Gasteiger partial charge >= 0.3 is 0 Å².